The van der Waals surface area contributed by atoms with E-state index >= 15 is 0 Å². The number of para-hydroxylation sites is 1. The van der Waals surface area contributed by atoms with Crippen LogP contribution < -0.4 is 0 Å². The van der Waals surface area contributed by atoms with Crippen molar-refractivity contribution in [1.29, 1.82) is 0 Å². The van der Waals surface area contributed by atoms with E-state index in [0.29, 0.717) is 18.7 Å². The lowest BCUT2D eigenvalue weighted by molar-refractivity contribution is -0.130. The van der Waals surface area contributed by atoms with Gasteiger partial charge in [-0.1, -0.05) is 37.2 Å². The molecule has 1 amide bonds. The van der Waals surface area contributed by atoms with Gasteiger partial charge in [-0.25, -0.2) is 13.4 Å². The van der Waals surface area contributed by atoms with Gasteiger partial charge in [-0.2, -0.15) is 0 Å². The van der Waals surface area contributed by atoms with Crippen LogP contribution in [0.25, 0.3) is 10.2 Å². The zero-order valence-electron chi connectivity index (χ0n) is 14.2. The van der Waals surface area contributed by atoms with Gasteiger partial charge in [0.15, 0.2) is 14.2 Å². The second-order valence-electron chi connectivity index (χ2n) is 6.23. The van der Waals surface area contributed by atoms with E-state index < -0.39 is 9.84 Å². The van der Waals surface area contributed by atoms with Crippen molar-refractivity contribution >= 4 is 49.1 Å². The average molecular weight is 399 g/mol. The molecule has 2 heterocycles. The molecule has 5 nitrogen and oxygen atoms in total. The van der Waals surface area contributed by atoms with Crippen molar-refractivity contribution in [3.05, 3.63) is 24.3 Å². The van der Waals surface area contributed by atoms with Crippen molar-refractivity contribution < 1.29 is 13.2 Å². The molecule has 1 saturated heterocycles. The number of rotatable bonds is 7. The first-order chi connectivity index (χ1) is 12.0. The summed E-state index contributed by atoms with van der Waals surface area (Å²) in [5, 5.41) is 0. The molecule has 0 saturated carbocycles. The maximum atomic E-state index is 12.7. The summed E-state index contributed by atoms with van der Waals surface area (Å²) in [5.74, 6) is 0.618. The Balaban J connectivity index is 1.65. The second kappa shape index (κ2) is 8.05. The molecule has 3 rings (SSSR count). The molecule has 1 aliphatic heterocycles. The molecule has 136 valence electrons. The number of hydrogen-bond acceptors (Lipinski definition) is 6. The highest BCUT2D eigenvalue weighted by Crippen LogP contribution is 2.30. The van der Waals surface area contributed by atoms with Gasteiger partial charge in [-0.3, -0.25) is 4.79 Å². The van der Waals surface area contributed by atoms with Crippen LogP contribution >= 0.6 is 23.1 Å². The van der Waals surface area contributed by atoms with Gasteiger partial charge in [0.1, 0.15) is 0 Å². The largest absolute Gasteiger partial charge is 0.338 e. The molecule has 0 radical (unpaired) electrons. The summed E-state index contributed by atoms with van der Waals surface area (Å²) < 4.78 is 25.5. The first-order valence-electron chi connectivity index (χ1n) is 8.47. The number of carbonyl (C=O) groups is 1. The van der Waals surface area contributed by atoms with Crippen LogP contribution in [0.15, 0.2) is 28.6 Å². The minimum Gasteiger partial charge on any atom is -0.338 e. The number of hydrogen-bond donors (Lipinski definition) is 0. The Kier molecular flexibility index (Phi) is 6.01. The predicted molar refractivity (Wildman–Crippen MR) is 104 cm³/mol. The molecule has 1 aromatic heterocycles. The molecule has 0 spiro atoms. The van der Waals surface area contributed by atoms with E-state index in [0.717, 1.165) is 27.4 Å². The zero-order chi connectivity index (χ0) is 17.9. The van der Waals surface area contributed by atoms with E-state index in [-0.39, 0.29) is 23.5 Å². The van der Waals surface area contributed by atoms with Crippen molar-refractivity contribution in [2.45, 2.75) is 36.6 Å². The molecule has 8 heteroatoms. The number of carbonyl (C=O) groups excluding carboxylic acids is 1. The SMILES string of the molecule is CCCCN(C(=O)CSc1nc2ccccc2s1)[C@H]1CCS(=O)(=O)C1. The van der Waals surface area contributed by atoms with Gasteiger partial charge < -0.3 is 4.90 Å². The van der Waals surface area contributed by atoms with Crippen molar-refractivity contribution in [1.82, 2.24) is 9.88 Å². The molecule has 25 heavy (non-hydrogen) atoms. The van der Waals surface area contributed by atoms with Crippen LogP contribution in [0.3, 0.4) is 0 Å². The highest BCUT2D eigenvalue weighted by molar-refractivity contribution is 8.01. The fraction of sp³-hybridized carbons (Fsp3) is 0.529. The summed E-state index contributed by atoms with van der Waals surface area (Å²) in [4.78, 5) is 19.1. The van der Waals surface area contributed by atoms with E-state index in [1.165, 1.54) is 11.8 Å². The minimum atomic E-state index is -2.99. The highest BCUT2D eigenvalue weighted by Gasteiger charge is 2.34. The van der Waals surface area contributed by atoms with Crippen molar-refractivity contribution in [2.24, 2.45) is 0 Å². The summed E-state index contributed by atoms with van der Waals surface area (Å²) in [5.41, 5.74) is 0.951. The Morgan fingerprint density at radius 3 is 2.88 bits per heavy atom. The second-order valence-corrected chi connectivity index (χ2v) is 10.7. The van der Waals surface area contributed by atoms with Gasteiger partial charge in [0.2, 0.25) is 5.91 Å². The maximum absolute atomic E-state index is 12.7. The van der Waals surface area contributed by atoms with Crippen LogP contribution in [0.2, 0.25) is 0 Å². The predicted octanol–water partition coefficient (Wildman–Crippen LogP) is 3.20. The van der Waals surface area contributed by atoms with Crippen molar-refractivity contribution in [3.8, 4) is 0 Å². The summed E-state index contributed by atoms with van der Waals surface area (Å²) in [7, 11) is -2.99. The van der Waals surface area contributed by atoms with Crippen molar-refractivity contribution in [2.75, 3.05) is 23.8 Å². The van der Waals surface area contributed by atoms with Gasteiger partial charge in [0.25, 0.3) is 0 Å². The first-order valence-corrected chi connectivity index (χ1v) is 12.1. The third kappa shape index (κ3) is 4.74. The Morgan fingerprint density at radius 2 is 2.20 bits per heavy atom. The number of fused-ring (bicyclic) bond motifs is 1. The summed E-state index contributed by atoms with van der Waals surface area (Å²) in [6.07, 6.45) is 2.44. The lowest BCUT2D eigenvalue weighted by atomic mass is 10.2. The normalized spacial score (nSPS) is 19.3. The zero-order valence-corrected chi connectivity index (χ0v) is 16.6. The van der Waals surface area contributed by atoms with Gasteiger partial charge in [-0.05, 0) is 25.0 Å². The summed E-state index contributed by atoms with van der Waals surface area (Å²) >= 11 is 3.03. The van der Waals surface area contributed by atoms with Gasteiger partial charge >= 0.3 is 0 Å². The van der Waals surface area contributed by atoms with E-state index in [1.54, 1.807) is 16.2 Å². The van der Waals surface area contributed by atoms with Gasteiger partial charge in [-0.15, -0.1) is 11.3 Å². The number of amides is 1. The topological polar surface area (TPSA) is 67.3 Å². The van der Waals surface area contributed by atoms with E-state index in [2.05, 4.69) is 11.9 Å². The molecule has 2 aromatic rings. The van der Waals surface area contributed by atoms with Gasteiger partial charge in [0, 0.05) is 12.6 Å². The van der Waals surface area contributed by atoms with Crippen LogP contribution in [0.5, 0.6) is 0 Å². The molecule has 1 aromatic carbocycles. The molecular formula is C17H22N2O3S3. The lowest BCUT2D eigenvalue weighted by Gasteiger charge is -2.28. The molecule has 0 aliphatic carbocycles. The number of benzene rings is 1. The number of aromatic nitrogens is 1. The van der Waals surface area contributed by atoms with Crippen LogP contribution in [-0.4, -0.2) is 54.1 Å². The fourth-order valence-corrected chi connectivity index (χ4v) is 6.66. The standard InChI is InChI=1S/C17H22N2O3S3/c1-2-3-9-19(13-8-10-25(21,22)12-13)16(20)11-23-17-18-14-6-4-5-7-15(14)24-17/h4-7,13H,2-3,8-12H2,1H3/t13-/m0/s1. The highest BCUT2D eigenvalue weighted by atomic mass is 32.2. The van der Waals surface area contributed by atoms with E-state index in [4.69, 9.17) is 0 Å². The number of thioether (sulfide) groups is 1. The van der Waals surface area contributed by atoms with E-state index in [9.17, 15) is 13.2 Å². The molecule has 0 N–H and O–H groups in total. The van der Waals surface area contributed by atoms with Crippen LogP contribution in [0, 0.1) is 0 Å². The van der Waals surface area contributed by atoms with Crippen molar-refractivity contribution in [3.63, 3.8) is 0 Å². The van der Waals surface area contributed by atoms with Crippen LogP contribution in [0.1, 0.15) is 26.2 Å². The number of thiazole rings is 1. The summed E-state index contributed by atoms with van der Waals surface area (Å²) in [6, 6.07) is 7.76. The Hall–Kier alpha value is -1.12. The number of nitrogens with zero attached hydrogens (tertiary/aromatic N) is 2. The lowest BCUT2D eigenvalue weighted by Crippen LogP contribution is -2.42. The monoisotopic (exact) mass is 398 g/mol. The first kappa shape index (κ1) is 18.7. The molecule has 0 bridgehead atoms. The molecule has 0 unspecified atom stereocenters. The van der Waals surface area contributed by atoms with Crippen LogP contribution in [0.4, 0.5) is 0 Å². The number of sulfone groups is 1. The molecule has 1 fully saturated rings. The smallest absolute Gasteiger partial charge is 0.233 e. The Labute approximate surface area is 156 Å². The Morgan fingerprint density at radius 1 is 1.40 bits per heavy atom. The van der Waals surface area contributed by atoms with E-state index in [1.807, 2.05) is 24.3 Å². The molecular weight excluding hydrogens is 376 g/mol. The van der Waals surface area contributed by atoms with Gasteiger partial charge in [0.05, 0.1) is 27.5 Å². The summed E-state index contributed by atoms with van der Waals surface area (Å²) in [6.45, 7) is 2.71. The quantitative estimate of drug-likeness (QED) is 0.670. The number of unbranched alkanes of at least 4 members (excludes halogenated alkanes) is 1. The maximum Gasteiger partial charge on any atom is 0.233 e. The molecule has 1 aliphatic rings. The molecule has 1 atom stereocenters. The Bertz CT molecular complexity index is 815. The average Bonchev–Trinajstić information content (AvgIpc) is 3.16. The third-order valence-electron chi connectivity index (χ3n) is 4.32. The third-order valence-corrected chi connectivity index (χ3v) is 8.23. The fourth-order valence-electron chi connectivity index (χ4n) is 2.98. The van der Waals surface area contributed by atoms with Crippen LogP contribution in [-0.2, 0) is 14.6 Å². The minimum absolute atomic E-state index is 0.0137.